The van der Waals surface area contributed by atoms with Gasteiger partial charge in [0, 0.05) is 12.7 Å². The van der Waals surface area contributed by atoms with E-state index in [1.165, 1.54) is 0 Å². The molecule has 2 heterocycles. The van der Waals surface area contributed by atoms with Crippen molar-refractivity contribution in [3.8, 4) is 0 Å². The highest BCUT2D eigenvalue weighted by atomic mass is 19.4. The smallest absolute Gasteiger partial charge is 0.390 e. The average Bonchev–Trinajstić information content (AvgIpc) is 2.73. The molecule has 19 heavy (non-hydrogen) atoms. The van der Waals surface area contributed by atoms with Gasteiger partial charge in [0.25, 0.3) is 0 Å². The van der Waals surface area contributed by atoms with Crippen LogP contribution in [-0.4, -0.2) is 33.8 Å². The largest absolute Gasteiger partial charge is 0.405 e. The second-order valence-electron chi connectivity index (χ2n) is 4.10. The highest BCUT2D eigenvalue weighted by Crippen LogP contribution is 2.25. The first kappa shape index (κ1) is 13.7. The Hall–Kier alpha value is -1.76. The molecule has 4 nitrogen and oxygen atoms in total. The zero-order valence-corrected chi connectivity index (χ0v) is 10.4. The molecule has 0 saturated heterocycles. The minimum Gasteiger partial charge on any atom is -0.390 e. The number of rotatable bonds is 4. The van der Waals surface area contributed by atoms with Crippen LogP contribution in [0.3, 0.4) is 0 Å². The van der Waals surface area contributed by atoms with E-state index in [0.29, 0.717) is 11.3 Å². The van der Waals surface area contributed by atoms with E-state index >= 15 is 0 Å². The Balaban J connectivity index is 2.47. The number of halogens is 3. The van der Waals surface area contributed by atoms with E-state index in [2.05, 4.69) is 4.98 Å². The Morgan fingerprint density at radius 2 is 2.11 bits per heavy atom. The molecule has 0 aliphatic rings. The number of imidazole rings is 1. The number of alkyl halides is 3. The molecule has 0 amide bonds. The molecule has 2 rings (SSSR count). The van der Waals surface area contributed by atoms with E-state index in [0.717, 1.165) is 4.90 Å². The van der Waals surface area contributed by atoms with E-state index < -0.39 is 12.7 Å². The maximum absolute atomic E-state index is 12.5. The first-order valence-electron chi connectivity index (χ1n) is 5.84. The number of hydrogen-bond acceptors (Lipinski definition) is 3. The number of nitrogens with zero attached hydrogens (tertiary/aromatic N) is 3. The van der Waals surface area contributed by atoms with Crippen LogP contribution in [0.15, 0.2) is 24.4 Å². The summed E-state index contributed by atoms with van der Waals surface area (Å²) in [7, 11) is 0. The molecule has 0 aromatic carbocycles. The van der Waals surface area contributed by atoms with Gasteiger partial charge in [-0.25, -0.2) is 4.98 Å². The molecule has 7 heteroatoms. The predicted octanol–water partition coefficient (Wildman–Crippen LogP) is 2.22. The second kappa shape index (κ2) is 5.08. The highest BCUT2D eigenvalue weighted by Gasteiger charge is 2.32. The van der Waals surface area contributed by atoms with Crippen molar-refractivity contribution >= 4 is 11.5 Å². The van der Waals surface area contributed by atoms with Gasteiger partial charge in [-0.3, -0.25) is 4.40 Å². The molecular weight excluding hydrogens is 259 g/mol. The van der Waals surface area contributed by atoms with Crippen LogP contribution in [0.4, 0.5) is 19.0 Å². The van der Waals surface area contributed by atoms with Crippen molar-refractivity contribution in [3.63, 3.8) is 0 Å². The van der Waals surface area contributed by atoms with Crippen molar-refractivity contribution in [2.24, 2.45) is 0 Å². The molecule has 2 aromatic heterocycles. The summed E-state index contributed by atoms with van der Waals surface area (Å²) in [5.41, 5.74) is 0.879. The van der Waals surface area contributed by atoms with E-state index in [1.807, 2.05) is 0 Å². The Kier molecular flexibility index (Phi) is 3.66. The number of aromatic nitrogens is 2. The molecule has 0 radical (unpaired) electrons. The van der Waals surface area contributed by atoms with Crippen molar-refractivity contribution in [3.05, 3.63) is 30.1 Å². The third kappa shape index (κ3) is 2.81. The van der Waals surface area contributed by atoms with Crippen molar-refractivity contribution < 1.29 is 18.3 Å². The SMILES string of the molecule is CCN(CC(F)(F)F)c1nc2ccccn2c1CO. The van der Waals surface area contributed by atoms with Gasteiger partial charge >= 0.3 is 6.18 Å². The van der Waals surface area contributed by atoms with Crippen LogP contribution in [0.1, 0.15) is 12.6 Å². The Labute approximate surface area is 108 Å². The number of anilines is 1. The van der Waals surface area contributed by atoms with E-state index in [4.69, 9.17) is 0 Å². The summed E-state index contributed by atoms with van der Waals surface area (Å²) >= 11 is 0. The lowest BCUT2D eigenvalue weighted by molar-refractivity contribution is -0.119. The van der Waals surface area contributed by atoms with Crippen LogP contribution < -0.4 is 4.90 Å². The lowest BCUT2D eigenvalue weighted by Gasteiger charge is -2.22. The van der Waals surface area contributed by atoms with Gasteiger partial charge in [-0.1, -0.05) is 6.07 Å². The monoisotopic (exact) mass is 273 g/mol. The Bertz CT molecular complexity index is 565. The van der Waals surface area contributed by atoms with Gasteiger partial charge in [-0.2, -0.15) is 13.2 Å². The van der Waals surface area contributed by atoms with Crippen molar-refractivity contribution in [1.82, 2.24) is 9.38 Å². The molecule has 1 N–H and O–H groups in total. The second-order valence-corrected chi connectivity index (χ2v) is 4.10. The van der Waals surface area contributed by atoms with Crippen molar-refractivity contribution in [1.29, 1.82) is 0 Å². The maximum atomic E-state index is 12.5. The predicted molar refractivity (Wildman–Crippen MR) is 65.1 cm³/mol. The normalized spacial score (nSPS) is 12.1. The zero-order chi connectivity index (χ0) is 14.0. The van der Waals surface area contributed by atoms with Gasteiger partial charge in [0.2, 0.25) is 0 Å². The van der Waals surface area contributed by atoms with Gasteiger partial charge < -0.3 is 10.0 Å². The number of hydrogen-bond donors (Lipinski definition) is 1. The topological polar surface area (TPSA) is 40.8 Å². The molecule has 0 spiro atoms. The van der Waals surface area contributed by atoms with E-state index in [1.54, 1.807) is 35.7 Å². The quantitative estimate of drug-likeness (QED) is 0.928. The summed E-state index contributed by atoms with van der Waals surface area (Å²) in [5, 5.41) is 9.38. The van der Waals surface area contributed by atoms with Gasteiger partial charge in [0.15, 0.2) is 5.82 Å². The van der Waals surface area contributed by atoms with Crippen LogP contribution in [0.25, 0.3) is 5.65 Å². The molecule has 0 fully saturated rings. The van der Waals surface area contributed by atoms with Crippen LogP contribution in [-0.2, 0) is 6.61 Å². The third-order valence-corrected chi connectivity index (χ3v) is 2.81. The lowest BCUT2D eigenvalue weighted by Crippen LogP contribution is -2.35. The Morgan fingerprint density at radius 1 is 1.37 bits per heavy atom. The molecule has 2 aromatic rings. The first-order chi connectivity index (χ1) is 8.96. The summed E-state index contributed by atoms with van der Waals surface area (Å²) in [6.07, 6.45) is -2.64. The standard InChI is InChI=1S/C12H14F3N3O/c1-2-17(8-12(13,14)15)11-9(7-19)18-6-4-3-5-10(18)16-11/h3-6,19H,2,7-8H2,1H3. The molecule has 0 atom stereocenters. The average molecular weight is 273 g/mol. The summed E-state index contributed by atoms with van der Waals surface area (Å²) in [4.78, 5) is 5.28. The molecule has 0 aliphatic carbocycles. The third-order valence-electron chi connectivity index (χ3n) is 2.81. The minimum atomic E-state index is -4.31. The van der Waals surface area contributed by atoms with Crippen molar-refractivity contribution in [2.75, 3.05) is 18.0 Å². The number of aliphatic hydroxyl groups is 1. The molecule has 0 aliphatic heterocycles. The number of fused-ring (bicyclic) bond motifs is 1. The summed E-state index contributed by atoms with van der Waals surface area (Å²) in [6, 6.07) is 5.16. The summed E-state index contributed by atoms with van der Waals surface area (Å²) < 4.78 is 39.2. The number of pyridine rings is 1. The van der Waals surface area contributed by atoms with Crippen LogP contribution in [0.2, 0.25) is 0 Å². The summed E-state index contributed by atoms with van der Waals surface area (Å²) in [5.74, 6) is 0.175. The fourth-order valence-electron chi connectivity index (χ4n) is 1.99. The molecule has 0 saturated carbocycles. The van der Waals surface area contributed by atoms with Gasteiger partial charge in [-0.15, -0.1) is 0 Å². The molecular formula is C12H14F3N3O. The lowest BCUT2D eigenvalue weighted by atomic mass is 10.3. The van der Waals surface area contributed by atoms with E-state index in [9.17, 15) is 18.3 Å². The van der Waals surface area contributed by atoms with Crippen LogP contribution >= 0.6 is 0 Å². The fraction of sp³-hybridized carbons (Fsp3) is 0.417. The van der Waals surface area contributed by atoms with Gasteiger partial charge in [-0.05, 0) is 19.1 Å². The molecule has 104 valence electrons. The highest BCUT2D eigenvalue weighted by molar-refractivity contribution is 5.55. The zero-order valence-electron chi connectivity index (χ0n) is 10.4. The molecule has 0 unspecified atom stereocenters. The minimum absolute atomic E-state index is 0.163. The Morgan fingerprint density at radius 3 is 2.68 bits per heavy atom. The first-order valence-corrected chi connectivity index (χ1v) is 5.84. The van der Waals surface area contributed by atoms with Gasteiger partial charge in [0.1, 0.15) is 12.2 Å². The maximum Gasteiger partial charge on any atom is 0.405 e. The molecule has 0 bridgehead atoms. The van der Waals surface area contributed by atoms with Crippen LogP contribution in [0.5, 0.6) is 0 Å². The summed E-state index contributed by atoms with van der Waals surface area (Å²) in [6.45, 7) is 0.336. The van der Waals surface area contributed by atoms with Crippen LogP contribution in [0, 0.1) is 0 Å². The number of aliphatic hydroxyl groups excluding tert-OH is 1. The van der Waals surface area contributed by atoms with Crippen molar-refractivity contribution in [2.45, 2.75) is 19.7 Å². The van der Waals surface area contributed by atoms with Gasteiger partial charge in [0.05, 0.1) is 12.3 Å². The van der Waals surface area contributed by atoms with E-state index in [-0.39, 0.29) is 19.0 Å². The fourth-order valence-corrected chi connectivity index (χ4v) is 1.99.